The SMILES string of the molecule is CCc1nnsc1C(=O)NCC1(CCBr)CC1. The molecule has 0 aliphatic heterocycles. The van der Waals surface area contributed by atoms with Crippen LogP contribution in [0.5, 0.6) is 0 Å². The molecule has 6 heteroatoms. The first-order valence-corrected chi connectivity index (χ1v) is 7.75. The third kappa shape index (κ3) is 3.04. The molecule has 17 heavy (non-hydrogen) atoms. The maximum atomic E-state index is 12.0. The first kappa shape index (κ1) is 13.0. The zero-order chi connectivity index (χ0) is 12.3. The number of aryl methyl sites for hydroxylation is 1. The summed E-state index contributed by atoms with van der Waals surface area (Å²) in [5.41, 5.74) is 1.15. The van der Waals surface area contributed by atoms with Gasteiger partial charge in [-0.15, -0.1) is 5.10 Å². The summed E-state index contributed by atoms with van der Waals surface area (Å²) in [6.45, 7) is 2.76. The van der Waals surface area contributed by atoms with E-state index in [1.165, 1.54) is 24.4 Å². The highest BCUT2D eigenvalue weighted by Gasteiger charge is 2.41. The fraction of sp³-hybridized carbons (Fsp3) is 0.727. The van der Waals surface area contributed by atoms with Crippen molar-refractivity contribution in [2.24, 2.45) is 5.41 Å². The summed E-state index contributed by atoms with van der Waals surface area (Å²) in [4.78, 5) is 12.6. The van der Waals surface area contributed by atoms with Crippen LogP contribution in [0.2, 0.25) is 0 Å². The first-order valence-electron chi connectivity index (χ1n) is 5.86. The fourth-order valence-corrected chi connectivity index (χ4v) is 3.36. The second-order valence-electron chi connectivity index (χ2n) is 4.52. The Balaban J connectivity index is 1.90. The highest BCUT2D eigenvalue weighted by atomic mass is 79.9. The number of hydrogen-bond acceptors (Lipinski definition) is 4. The van der Waals surface area contributed by atoms with Crippen LogP contribution in [0.25, 0.3) is 0 Å². The monoisotopic (exact) mass is 317 g/mol. The average molecular weight is 318 g/mol. The molecule has 1 aromatic rings. The molecule has 0 unspecified atom stereocenters. The number of aromatic nitrogens is 2. The Labute approximate surface area is 113 Å². The Morgan fingerprint density at radius 2 is 2.35 bits per heavy atom. The number of nitrogens with one attached hydrogen (secondary N) is 1. The molecule has 0 saturated heterocycles. The molecule has 1 fully saturated rings. The minimum Gasteiger partial charge on any atom is -0.351 e. The van der Waals surface area contributed by atoms with E-state index in [2.05, 4.69) is 30.8 Å². The number of nitrogens with zero attached hydrogens (tertiary/aromatic N) is 2. The molecule has 2 rings (SSSR count). The van der Waals surface area contributed by atoms with Gasteiger partial charge in [-0.25, -0.2) is 0 Å². The smallest absolute Gasteiger partial charge is 0.264 e. The van der Waals surface area contributed by atoms with Crippen molar-refractivity contribution in [3.8, 4) is 0 Å². The highest BCUT2D eigenvalue weighted by Crippen LogP contribution is 2.48. The van der Waals surface area contributed by atoms with Crippen molar-refractivity contribution in [2.75, 3.05) is 11.9 Å². The second-order valence-corrected chi connectivity index (χ2v) is 6.07. The lowest BCUT2D eigenvalue weighted by Crippen LogP contribution is -2.30. The Morgan fingerprint density at radius 3 is 2.94 bits per heavy atom. The van der Waals surface area contributed by atoms with Crippen LogP contribution in [0.1, 0.15) is 41.6 Å². The van der Waals surface area contributed by atoms with Gasteiger partial charge in [0.25, 0.3) is 5.91 Å². The molecule has 1 heterocycles. The molecule has 4 nitrogen and oxygen atoms in total. The molecule has 94 valence electrons. The van der Waals surface area contributed by atoms with E-state index in [4.69, 9.17) is 0 Å². The van der Waals surface area contributed by atoms with E-state index in [1.54, 1.807) is 0 Å². The second kappa shape index (κ2) is 5.44. The lowest BCUT2D eigenvalue weighted by atomic mass is 10.0. The first-order chi connectivity index (χ1) is 8.21. The molecule has 1 aliphatic rings. The summed E-state index contributed by atoms with van der Waals surface area (Å²) >= 11 is 4.65. The van der Waals surface area contributed by atoms with Crippen LogP contribution in [0.4, 0.5) is 0 Å². The maximum Gasteiger partial charge on any atom is 0.264 e. The lowest BCUT2D eigenvalue weighted by Gasteiger charge is -2.13. The molecule has 0 spiro atoms. The van der Waals surface area contributed by atoms with Crippen molar-refractivity contribution in [2.45, 2.75) is 32.6 Å². The van der Waals surface area contributed by atoms with Crippen molar-refractivity contribution in [3.05, 3.63) is 10.6 Å². The number of carbonyl (C=O) groups is 1. The minimum atomic E-state index is -0.0160. The van der Waals surface area contributed by atoms with Gasteiger partial charge in [0.15, 0.2) is 0 Å². The van der Waals surface area contributed by atoms with Gasteiger partial charge in [0.1, 0.15) is 4.88 Å². The average Bonchev–Trinajstić information content (AvgIpc) is 2.93. The van der Waals surface area contributed by atoms with Crippen LogP contribution in [-0.4, -0.2) is 27.4 Å². The molecule has 0 atom stereocenters. The Hall–Kier alpha value is -0.490. The van der Waals surface area contributed by atoms with Crippen LogP contribution in [0.15, 0.2) is 0 Å². The van der Waals surface area contributed by atoms with Gasteiger partial charge >= 0.3 is 0 Å². The van der Waals surface area contributed by atoms with Gasteiger partial charge in [0.2, 0.25) is 0 Å². The predicted molar refractivity (Wildman–Crippen MR) is 71.7 cm³/mol. The third-order valence-electron chi connectivity index (χ3n) is 3.30. The van der Waals surface area contributed by atoms with E-state index in [1.807, 2.05) is 6.92 Å². The van der Waals surface area contributed by atoms with Crippen molar-refractivity contribution in [1.29, 1.82) is 0 Å². The summed E-state index contributed by atoms with van der Waals surface area (Å²) in [5.74, 6) is -0.0160. The lowest BCUT2D eigenvalue weighted by molar-refractivity contribution is 0.0947. The summed E-state index contributed by atoms with van der Waals surface area (Å²) < 4.78 is 3.83. The molecule has 1 saturated carbocycles. The van der Waals surface area contributed by atoms with Crippen molar-refractivity contribution in [1.82, 2.24) is 14.9 Å². The zero-order valence-electron chi connectivity index (χ0n) is 9.83. The van der Waals surface area contributed by atoms with Gasteiger partial charge in [-0.1, -0.05) is 27.3 Å². The molecule has 1 aromatic heterocycles. The van der Waals surface area contributed by atoms with Crippen molar-refractivity contribution in [3.63, 3.8) is 0 Å². The van der Waals surface area contributed by atoms with Crippen LogP contribution < -0.4 is 5.32 Å². The maximum absolute atomic E-state index is 12.0. The van der Waals surface area contributed by atoms with Gasteiger partial charge in [-0.05, 0) is 42.6 Å². The van der Waals surface area contributed by atoms with Crippen LogP contribution in [0.3, 0.4) is 0 Å². The molecular weight excluding hydrogens is 302 g/mol. The number of rotatable bonds is 6. The van der Waals surface area contributed by atoms with Crippen LogP contribution >= 0.6 is 27.5 Å². The predicted octanol–water partition coefficient (Wildman–Crippen LogP) is 2.40. The van der Waals surface area contributed by atoms with E-state index in [0.29, 0.717) is 10.3 Å². The van der Waals surface area contributed by atoms with Gasteiger partial charge in [0.05, 0.1) is 5.69 Å². The van der Waals surface area contributed by atoms with E-state index in [0.717, 1.165) is 30.4 Å². The van der Waals surface area contributed by atoms with Crippen LogP contribution in [0, 0.1) is 5.41 Å². The van der Waals surface area contributed by atoms with E-state index < -0.39 is 0 Å². The van der Waals surface area contributed by atoms with E-state index in [-0.39, 0.29) is 5.91 Å². The fourth-order valence-electron chi connectivity index (χ4n) is 1.85. The number of carbonyl (C=O) groups excluding carboxylic acids is 1. The topological polar surface area (TPSA) is 54.9 Å². The van der Waals surface area contributed by atoms with E-state index >= 15 is 0 Å². The number of alkyl halides is 1. The third-order valence-corrected chi connectivity index (χ3v) is 4.47. The summed E-state index contributed by atoms with van der Waals surface area (Å²) in [6, 6.07) is 0. The molecular formula is C11H16BrN3OS. The minimum absolute atomic E-state index is 0.0160. The molecule has 0 aromatic carbocycles. The molecule has 0 bridgehead atoms. The van der Waals surface area contributed by atoms with Crippen LogP contribution in [-0.2, 0) is 6.42 Å². The normalized spacial score (nSPS) is 16.8. The molecule has 1 amide bonds. The van der Waals surface area contributed by atoms with Crippen molar-refractivity contribution >= 4 is 33.4 Å². The van der Waals surface area contributed by atoms with Gasteiger partial charge in [-0.3, -0.25) is 4.79 Å². The van der Waals surface area contributed by atoms with Crippen molar-refractivity contribution < 1.29 is 4.79 Å². The summed E-state index contributed by atoms with van der Waals surface area (Å²) in [7, 11) is 0. The Kier molecular flexibility index (Phi) is 4.14. The molecule has 0 radical (unpaired) electrons. The Morgan fingerprint density at radius 1 is 1.59 bits per heavy atom. The van der Waals surface area contributed by atoms with Gasteiger partial charge in [0, 0.05) is 11.9 Å². The summed E-state index contributed by atoms with van der Waals surface area (Å²) in [5, 5.41) is 7.98. The quantitative estimate of drug-likeness (QED) is 0.820. The zero-order valence-corrected chi connectivity index (χ0v) is 12.2. The highest BCUT2D eigenvalue weighted by molar-refractivity contribution is 9.09. The van der Waals surface area contributed by atoms with E-state index in [9.17, 15) is 4.79 Å². The van der Waals surface area contributed by atoms with Gasteiger partial charge in [-0.2, -0.15) is 0 Å². The Bertz CT molecular complexity index is 403. The van der Waals surface area contributed by atoms with Gasteiger partial charge < -0.3 is 5.32 Å². The largest absolute Gasteiger partial charge is 0.351 e. The standard InChI is InChI=1S/C11H16BrN3OS/c1-2-8-9(17-15-14-8)10(16)13-7-11(3-4-11)5-6-12/h2-7H2,1H3,(H,13,16). The molecule has 1 aliphatic carbocycles. The number of halogens is 1. The number of hydrogen-bond donors (Lipinski definition) is 1. The number of amides is 1. The summed E-state index contributed by atoms with van der Waals surface area (Å²) in [6.07, 6.45) is 4.33. The molecule has 1 N–H and O–H groups in total.